The molecule has 1 aromatic carbocycles. The van der Waals surface area contributed by atoms with Crippen molar-refractivity contribution in [2.45, 2.75) is 13.3 Å². The van der Waals surface area contributed by atoms with Gasteiger partial charge in [-0.1, -0.05) is 0 Å². The molecule has 18 heavy (non-hydrogen) atoms. The lowest BCUT2D eigenvalue weighted by atomic mass is 10.3. The molecule has 0 saturated heterocycles. The van der Waals surface area contributed by atoms with E-state index in [0.717, 1.165) is 0 Å². The molecule has 7 heteroatoms. The molecular weight excluding hydrogens is 236 g/mol. The van der Waals surface area contributed by atoms with Gasteiger partial charge in [-0.2, -0.15) is 0 Å². The van der Waals surface area contributed by atoms with Gasteiger partial charge in [0.2, 0.25) is 5.91 Å². The van der Waals surface area contributed by atoms with Crippen molar-refractivity contribution in [1.29, 1.82) is 0 Å². The van der Waals surface area contributed by atoms with Gasteiger partial charge in [0.15, 0.2) is 0 Å². The normalized spacial score (nSPS) is 10.5. The molecule has 0 unspecified atom stereocenters. The summed E-state index contributed by atoms with van der Waals surface area (Å²) in [5.41, 5.74) is 1.33. The third kappa shape index (κ3) is 2.62. The molecule has 0 aliphatic heterocycles. The monoisotopic (exact) mass is 248 g/mol. The minimum atomic E-state index is -0.447. The number of imidazole rings is 1. The molecule has 1 heterocycles. The van der Waals surface area contributed by atoms with Crippen LogP contribution in [0.5, 0.6) is 0 Å². The Morgan fingerprint density at radius 1 is 1.56 bits per heavy atom. The maximum atomic E-state index is 10.7. The van der Waals surface area contributed by atoms with Crippen molar-refractivity contribution in [3.05, 3.63) is 34.1 Å². The van der Waals surface area contributed by atoms with Crippen molar-refractivity contribution in [2.24, 2.45) is 0 Å². The van der Waals surface area contributed by atoms with Gasteiger partial charge in [-0.25, -0.2) is 4.98 Å². The van der Waals surface area contributed by atoms with Crippen LogP contribution in [0, 0.1) is 10.1 Å². The number of rotatable bonds is 4. The zero-order valence-corrected chi connectivity index (χ0v) is 9.77. The zero-order chi connectivity index (χ0) is 13.1. The van der Waals surface area contributed by atoms with E-state index in [1.807, 2.05) is 0 Å². The van der Waals surface area contributed by atoms with Gasteiger partial charge in [0.25, 0.3) is 5.69 Å². The first kappa shape index (κ1) is 12.0. The SMILES string of the molecule is CC(=O)NCCc1nc2ccc([N+](=O)[O-])cc2[nH]1. The van der Waals surface area contributed by atoms with Crippen molar-refractivity contribution in [2.75, 3.05) is 6.54 Å². The third-order valence-corrected chi connectivity index (χ3v) is 2.46. The predicted molar refractivity (Wildman–Crippen MR) is 65.1 cm³/mol. The van der Waals surface area contributed by atoms with Crippen molar-refractivity contribution < 1.29 is 9.72 Å². The first-order valence-corrected chi connectivity index (χ1v) is 5.44. The van der Waals surface area contributed by atoms with Gasteiger partial charge >= 0.3 is 0 Å². The van der Waals surface area contributed by atoms with E-state index < -0.39 is 4.92 Å². The van der Waals surface area contributed by atoms with Crippen molar-refractivity contribution in [1.82, 2.24) is 15.3 Å². The van der Waals surface area contributed by atoms with E-state index in [1.54, 1.807) is 6.07 Å². The number of nitrogens with zero attached hydrogens (tertiary/aromatic N) is 2. The lowest BCUT2D eigenvalue weighted by molar-refractivity contribution is -0.384. The molecule has 2 rings (SSSR count). The molecule has 1 aromatic heterocycles. The highest BCUT2D eigenvalue weighted by molar-refractivity contribution is 5.77. The lowest BCUT2D eigenvalue weighted by Gasteiger charge is -1.97. The number of aromatic nitrogens is 2. The lowest BCUT2D eigenvalue weighted by Crippen LogP contribution is -2.22. The van der Waals surface area contributed by atoms with E-state index in [4.69, 9.17) is 0 Å². The molecule has 2 N–H and O–H groups in total. The molecule has 1 amide bonds. The maximum Gasteiger partial charge on any atom is 0.271 e. The number of amides is 1. The van der Waals surface area contributed by atoms with E-state index in [2.05, 4.69) is 15.3 Å². The first-order valence-electron chi connectivity index (χ1n) is 5.44. The fourth-order valence-electron chi connectivity index (χ4n) is 1.64. The molecule has 0 atom stereocenters. The molecular formula is C11H12N4O3. The van der Waals surface area contributed by atoms with Crippen molar-refractivity contribution in [3.63, 3.8) is 0 Å². The Labute approximate surface area is 102 Å². The van der Waals surface area contributed by atoms with E-state index in [0.29, 0.717) is 29.8 Å². The number of H-pyrrole nitrogens is 1. The van der Waals surface area contributed by atoms with Gasteiger partial charge in [0, 0.05) is 32.0 Å². The van der Waals surface area contributed by atoms with Crippen molar-refractivity contribution >= 4 is 22.6 Å². The topological polar surface area (TPSA) is 101 Å². The summed E-state index contributed by atoms with van der Waals surface area (Å²) < 4.78 is 0. The van der Waals surface area contributed by atoms with Gasteiger partial charge in [0.05, 0.1) is 16.0 Å². The number of aromatic amines is 1. The van der Waals surface area contributed by atoms with Crippen LogP contribution in [0.4, 0.5) is 5.69 Å². The second-order valence-corrected chi connectivity index (χ2v) is 3.88. The van der Waals surface area contributed by atoms with Crippen LogP contribution in [0.25, 0.3) is 11.0 Å². The second-order valence-electron chi connectivity index (χ2n) is 3.88. The smallest absolute Gasteiger partial charge is 0.271 e. The largest absolute Gasteiger partial charge is 0.356 e. The summed E-state index contributed by atoms with van der Waals surface area (Å²) in [7, 11) is 0. The molecule has 0 radical (unpaired) electrons. The van der Waals surface area contributed by atoms with Gasteiger partial charge < -0.3 is 10.3 Å². The van der Waals surface area contributed by atoms with Crippen LogP contribution in [-0.4, -0.2) is 27.3 Å². The van der Waals surface area contributed by atoms with E-state index >= 15 is 0 Å². The summed E-state index contributed by atoms with van der Waals surface area (Å²) in [5, 5.41) is 13.3. The highest BCUT2D eigenvalue weighted by atomic mass is 16.6. The number of fused-ring (bicyclic) bond motifs is 1. The van der Waals surface area contributed by atoms with Gasteiger partial charge in [-0.15, -0.1) is 0 Å². The quantitative estimate of drug-likeness (QED) is 0.626. The first-order chi connectivity index (χ1) is 8.56. The van der Waals surface area contributed by atoms with Crippen molar-refractivity contribution in [3.8, 4) is 0 Å². The molecule has 0 aliphatic carbocycles. The summed E-state index contributed by atoms with van der Waals surface area (Å²) in [6.07, 6.45) is 0.558. The molecule has 0 saturated carbocycles. The fraction of sp³-hybridized carbons (Fsp3) is 0.273. The molecule has 0 aliphatic rings. The molecule has 94 valence electrons. The maximum absolute atomic E-state index is 10.7. The van der Waals surface area contributed by atoms with Crippen LogP contribution in [0.1, 0.15) is 12.7 Å². The highest BCUT2D eigenvalue weighted by Crippen LogP contribution is 2.18. The van der Waals surface area contributed by atoms with E-state index in [-0.39, 0.29) is 11.6 Å². The summed E-state index contributed by atoms with van der Waals surface area (Å²) in [5.74, 6) is 0.598. The molecule has 0 bridgehead atoms. The fourth-order valence-corrected chi connectivity index (χ4v) is 1.64. The number of hydrogen-bond acceptors (Lipinski definition) is 4. The number of hydrogen-bond donors (Lipinski definition) is 2. The predicted octanol–water partition coefficient (Wildman–Crippen LogP) is 1.15. The number of carbonyl (C=O) groups excluding carboxylic acids is 1. The molecule has 0 spiro atoms. The summed E-state index contributed by atoms with van der Waals surface area (Å²) >= 11 is 0. The summed E-state index contributed by atoms with van der Waals surface area (Å²) in [6, 6.07) is 4.47. The molecule has 7 nitrogen and oxygen atoms in total. The van der Waals surface area contributed by atoms with Crippen LogP contribution < -0.4 is 5.32 Å². The molecule has 0 fully saturated rings. The Balaban J connectivity index is 2.16. The number of benzene rings is 1. The number of non-ortho nitro benzene ring substituents is 1. The van der Waals surface area contributed by atoms with Gasteiger partial charge in [-0.05, 0) is 6.07 Å². The third-order valence-electron chi connectivity index (χ3n) is 2.46. The Bertz CT molecular complexity index is 605. The summed E-state index contributed by atoms with van der Waals surface area (Å²) in [4.78, 5) is 28.2. The number of nitro groups is 1. The number of nitrogens with one attached hydrogen (secondary N) is 2. The Morgan fingerprint density at radius 2 is 2.33 bits per heavy atom. The zero-order valence-electron chi connectivity index (χ0n) is 9.77. The Kier molecular flexibility index (Phi) is 3.22. The Morgan fingerprint density at radius 3 is 3.00 bits per heavy atom. The van der Waals surface area contributed by atoms with Crippen LogP contribution in [0.3, 0.4) is 0 Å². The average Bonchev–Trinajstić information content (AvgIpc) is 2.69. The number of nitro benzene ring substituents is 1. The standard InChI is InChI=1S/C11H12N4O3/c1-7(16)12-5-4-11-13-9-3-2-8(15(17)18)6-10(9)14-11/h2-3,6H,4-5H2,1H3,(H,12,16)(H,13,14). The average molecular weight is 248 g/mol. The second kappa shape index (κ2) is 4.82. The Hall–Kier alpha value is -2.44. The summed E-state index contributed by atoms with van der Waals surface area (Å²) in [6.45, 7) is 1.93. The number of carbonyl (C=O) groups is 1. The van der Waals surface area contributed by atoms with Crippen LogP contribution in [0.2, 0.25) is 0 Å². The van der Waals surface area contributed by atoms with Gasteiger partial charge in [0.1, 0.15) is 5.82 Å². The van der Waals surface area contributed by atoms with Crippen LogP contribution >= 0.6 is 0 Å². The highest BCUT2D eigenvalue weighted by Gasteiger charge is 2.09. The van der Waals surface area contributed by atoms with Gasteiger partial charge in [-0.3, -0.25) is 14.9 Å². The minimum Gasteiger partial charge on any atom is -0.356 e. The minimum absolute atomic E-state index is 0.0274. The van der Waals surface area contributed by atoms with Crippen LogP contribution in [-0.2, 0) is 11.2 Å². The van der Waals surface area contributed by atoms with Crippen LogP contribution in [0.15, 0.2) is 18.2 Å². The molecule has 2 aromatic rings. The van der Waals surface area contributed by atoms with E-state index in [9.17, 15) is 14.9 Å². The van der Waals surface area contributed by atoms with E-state index in [1.165, 1.54) is 19.1 Å².